The lowest BCUT2D eigenvalue weighted by Crippen LogP contribution is -2.04. The first-order valence-corrected chi connectivity index (χ1v) is 5.09. The Morgan fingerprint density at radius 1 is 1.35 bits per heavy atom. The molecule has 2 rings (SSSR count). The van der Waals surface area contributed by atoms with Crippen LogP contribution < -0.4 is 5.73 Å². The molecule has 1 heterocycles. The van der Waals surface area contributed by atoms with Crippen LogP contribution in [-0.4, -0.2) is 22.6 Å². The number of imidazole rings is 1. The SMILES string of the molecule is COC(=O)c1ncn(C)c1-c1ccc(N)cc1. The van der Waals surface area contributed by atoms with Crippen molar-refractivity contribution in [1.29, 1.82) is 0 Å². The minimum absolute atomic E-state index is 0.305. The number of hydrogen-bond acceptors (Lipinski definition) is 4. The van der Waals surface area contributed by atoms with E-state index in [-0.39, 0.29) is 0 Å². The Morgan fingerprint density at radius 2 is 2.00 bits per heavy atom. The largest absolute Gasteiger partial charge is 0.464 e. The van der Waals surface area contributed by atoms with E-state index in [9.17, 15) is 4.79 Å². The van der Waals surface area contributed by atoms with Crippen molar-refractivity contribution in [3.63, 3.8) is 0 Å². The van der Waals surface area contributed by atoms with Crippen molar-refractivity contribution < 1.29 is 9.53 Å². The highest BCUT2D eigenvalue weighted by Gasteiger charge is 2.18. The van der Waals surface area contributed by atoms with E-state index < -0.39 is 5.97 Å². The number of aromatic nitrogens is 2. The van der Waals surface area contributed by atoms with Crippen molar-refractivity contribution >= 4 is 11.7 Å². The van der Waals surface area contributed by atoms with Crippen LogP contribution >= 0.6 is 0 Å². The first-order valence-electron chi connectivity index (χ1n) is 5.09. The average Bonchev–Trinajstić information content (AvgIpc) is 2.71. The van der Waals surface area contributed by atoms with Gasteiger partial charge in [0.05, 0.1) is 19.1 Å². The Kier molecular flexibility index (Phi) is 2.82. The number of nitrogens with zero attached hydrogens (tertiary/aromatic N) is 2. The van der Waals surface area contributed by atoms with Crippen molar-refractivity contribution in [2.45, 2.75) is 0 Å². The van der Waals surface area contributed by atoms with Crippen LogP contribution in [0.3, 0.4) is 0 Å². The first-order chi connectivity index (χ1) is 8.13. The van der Waals surface area contributed by atoms with Crippen LogP contribution in [-0.2, 0) is 11.8 Å². The van der Waals surface area contributed by atoms with E-state index in [1.165, 1.54) is 7.11 Å². The number of benzene rings is 1. The Balaban J connectivity index is 2.54. The molecule has 0 saturated carbocycles. The molecule has 0 unspecified atom stereocenters. The molecule has 17 heavy (non-hydrogen) atoms. The minimum Gasteiger partial charge on any atom is -0.464 e. The van der Waals surface area contributed by atoms with Gasteiger partial charge in [-0.2, -0.15) is 0 Å². The summed E-state index contributed by atoms with van der Waals surface area (Å²) in [6, 6.07) is 7.25. The van der Waals surface area contributed by atoms with Gasteiger partial charge in [-0.05, 0) is 12.1 Å². The van der Waals surface area contributed by atoms with Gasteiger partial charge in [0, 0.05) is 18.3 Å². The van der Waals surface area contributed by atoms with E-state index in [4.69, 9.17) is 10.5 Å². The summed E-state index contributed by atoms with van der Waals surface area (Å²) in [4.78, 5) is 15.6. The molecule has 0 aliphatic heterocycles. The van der Waals surface area contributed by atoms with Crippen LogP contribution in [0.1, 0.15) is 10.5 Å². The lowest BCUT2D eigenvalue weighted by Gasteiger charge is -2.05. The van der Waals surface area contributed by atoms with Gasteiger partial charge in [0.15, 0.2) is 5.69 Å². The number of carbonyl (C=O) groups excluding carboxylic acids is 1. The molecule has 0 aliphatic rings. The van der Waals surface area contributed by atoms with E-state index in [0.29, 0.717) is 11.4 Å². The number of anilines is 1. The van der Waals surface area contributed by atoms with E-state index in [0.717, 1.165) is 11.3 Å². The Labute approximate surface area is 98.8 Å². The molecule has 0 fully saturated rings. The van der Waals surface area contributed by atoms with Gasteiger partial charge in [-0.3, -0.25) is 0 Å². The Morgan fingerprint density at radius 3 is 2.59 bits per heavy atom. The molecule has 0 spiro atoms. The number of ether oxygens (including phenoxy) is 1. The number of hydrogen-bond donors (Lipinski definition) is 1. The quantitative estimate of drug-likeness (QED) is 0.627. The van der Waals surface area contributed by atoms with E-state index in [2.05, 4.69) is 4.98 Å². The van der Waals surface area contributed by atoms with Crippen molar-refractivity contribution in [1.82, 2.24) is 9.55 Å². The van der Waals surface area contributed by atoms with E-state index >= 15 is 0 Å². The lowest BCUT2D eigenvalue weighted by atomic mass is 10.1. The van der Waals surface area contributed by atoms with Crippen molar-refractivity contribution in [2.24, 2.45) is 7.05 Å². The zero-order valence-corrected chi connectivity index (χ0v) is 9.68. The molecule has 0 atom stereocenters. The average molecular weight is 231 g/mol. The summed E-state index contributed by atoms with van der Waals surface area (Å²) in [6.45, 7) is 0. The zero-order chi connectivity index (χ0) is 12.4. The maximum Gasteiger partial charge on any atom is 0.358 e. The van der Waals surface area contributed by atoms with Gasteiger partial charge in [0.25, 0.3) is 0 Å². The van der Waals surface area contributed by atoms with Gasteiger partial charge in [0.2, 0.25) is 0 Å². The second-order valence-corrected chi connectivity index (χ2v) is 3.67. The molecule has 1 aromatic carbocycles. The fourth-order valence-corrected chi connectivity index (χ4v) is 1.66. The van der Waals surface area contributed by atoms with Gasteiger partial charge < -0.3 is 15.0 Å². The number of nitrogens with two attached hydrogens (primary N) is 1. The topological polar surface area (TPSA) is 70.1 Å². The maximum atomic E-state index is 11.6. The Bertz CT molecular complexity index is 543. The molecule has 2 aromatic rings. The van der Waals surface area contributed by atoms with Gasteiger partial charge in [-0.1, -0.05) is 12.1 Å². The standard InChI is InChI=1S/C12H13N3O2/c1-15-7-14-10(12(16)17-2)11(15)8-3-5-9(13)6-4-8/h3-7H,13H2,1-2H3. The number of nitrogen functional groups attached to an aromatic ring is 1. The maximum absolute atomic E-state index is 11.6. The molecule has 0 aliphatic carbocycles. The molecule has 0 radical (unpaired) electrons. The zero-order valence-electron chi connectivity index (χ0n) is 9.68. The van der Waals surface area contributed by atoms with E-state index in [1.54, 1.807) is 23.0 Å². The van der Waals surface area contributed by atoms with Crippen molar-refractivity contribution in [2.75, 3.05) is 12.8 Å². The fraction of sp³-hybridized carbons (Fsp3) is 0.167. The molecule has 0 amide bonds. The second kappa shape index (κ2) is 4.29. The normalized spacial score (nSPS) is 10.2. The van der Waals surface area contributed by atoms with Gasteiger partial charge >= 0.3 is 5.97 Å². The number of methoxy groups -OCH3 is 1. The van der Waals surface area contributed by atoms with Crippen molar-refractivity contribution in [3.8, 4) is 11.3 Å². The van der Waals surface area contributed by atoms with Gasteiger partial charge in [-0.25, -0.2) is 9.78 Å². The van der Waals surface area contributed by atoms with Gasteiger partial charge in [0.1, 0.15) is 0 Å². The first kappa shape index (κ1) is 11.2. The number of esters is 1. The third-order valence-corrected chi connectivity index (χ3v) is 2.50. The summed E-state index contributed by atoms with van der Waals surface area (Å²) < 4.78 is 6.47. The molecule has 5 heteroatoms. The lowest BCUT2D eigenvalue weighted by molar-refractivity contribution is 0.0595. The number of rotatable bonds is 2. The number of aryl methyl sites for hydroxylation is 1. The highest BCUT2D eigenvalue weighted by Crippen LogP contribution is 2.23. The van der Waals surface area contributed by atoms with Crippen molar-refractivity contribution in [3.05, 3.63) is 36.3 Å². The van der Waals surface area contributed by atoms with Gasteiger partial charge in [-0.15, -0.1) is 0 Å². The molecule has 88 valence electrons. The third-order valence-electron chi connectivity index (χ3n) is 2.50. The van der Waals surface area contributed by atoms with Crippen LogP contribution in [0, 0.1) is 0 Å². The van der Waals surface area contributed by atoms with E-state index in [1.807, 2.05) is 19.2 Å². The van der Waals surface area contributed by atoms with Crippen LogP contribution in [0.15, 0.2) is 30.6 Å². The Hall–Kier alpha value is -2.30. The molecule has 5 nitrogen and oxygen atoms in total. The summed E-state index contributed by atoms with van der Waals surface area (Å²) in [5.41, 5.74) is 8.20. The smallest absolute Gasteiger partial charge is 0.358 e. The molecular weight excluding hydrogens is 218 g/mol. The summed E-state index contributed by atoms with van der Waals surface area (Å²) in [7, 11) is 3.16. The van der Waals surface area contributed by atoms with Crippen LogP contribution in [0.4, 0.5) is 5.69 Å². The summed E-state index contributed by atoms with van der Waals surface area (Å²) in [6.07, 6.45) is 1.58. The predicted molar refractivity (Wildman–Crippen MR) is 64.4 cm³/mol. The monoisotopic (exact) mass is 231 g/mol. The van der Waals surface area contributed by atoms with Crippen LogP contribution in [0.2, 0.25) is 0 Å². The van der Waals surface area contributed by atoms with Crippen LogP contribution in [0.5, 0.6) is 0 Å². The summed E-state index contributed by atoms with van der Waals surface area (Å²) in [5.74, 6) is -0.447. The molecule has 2 N–H and O–H groups in total. The minimum atomic E-state index is -0.447. The molecule has 0 bridgehead atoms. The molecule has 0 saturated heterocycles. The highest BCUT2D eigenvalue weighted by atomic mass is 16.5. The second-order valence-electron chi connectivity index (χ2n) is 3.67. The highest BCUT2D eigenvalue weighted by molar-refractivity contribution is 5.94. The predicted octanol–water partition coefficient (Wildman–Crippen LogP) is 1.46. The third kappa shape index (κ3) is 1.99. The van der Waals surface area contributed by atoms with Crippen LogP contribution in [0.25, 0.3) is 11.3 Å². The number of carbonyl (C=O) groups is 1. The fourth-order valence-electron chi connectivity index (χ4n) is 1.66. The molecular formula is C12H13N3O2. The summed E-state index contributed by atoms with van der Waals surface area (Å²) >= 11 is 0. The summed E-state index contributed by atoms with van der Waals surface area (Å²) in [5, 5.41) is 0. The molecule has 1 aromatic heterocycles.